The summed E-state index contributed by atoms with van der Waals surface area (Å²) in [6.45, 7) is 0.221. The van der Waals surface area contributed by atoms with Crippen LogP contribution >= 0.6 is 0 Å². The fourth-order valence-electron chi connectivity index (χ4n) is 9.93. The van der Waals surface area contributed by atoms with Gasteiger partial charge in [0.25, 0.3) is 0 Å². The number of ether oxygens (including phenoxy) is 11. The maximum atomic E-state index is 14.7. The second kappa shape index (κ2) is 26.0. The molecule has 1 aromatic heterocycles. The van der Waals surface area contributed by atoms with Crippen molar-refractivity contribution >= 4 is 23.0 Å². The molecule has 9 rings (SSSR count). The number of carbonyl (C=O) groups is 1. The Balaban J connectivity index is 1.02. The van der Waals surface area contributed by atoms with Crippen LogP contribution in [0.4, 0.5) is 0 Å². The van der Waals surface area contributed by atoms with Gasteiger partial charge in [0.1, 0.15) is 132 Å². The molecule has 5 saturated heterocycles. The second-order valence-electron chi connectivity index (χ2n) is 20.7. The van der Waals surface area contributed by atoms with Crippen molar-refractivity contribution in [3.8, 4) is 51.6 Å². The molecule has 18 N–H and O–H groups in total. The first kappa shape index (κ1) is 63.3. The third-order valence-electron chi connectivity index (χ3n) is 14.8. The summed E-state index contributed by atoms with van der Waals surface area (Å²) in [5.41, 5.74) is -1.83. The molecule has 3 aromatic carbocycles. The lowest BCUT2D eigenvalue weighted by molar-refractivity contribution is -0.388. The summed E-state index contributed by atoms with van der Waals surface area (Å²) in [7, 11) is 0. The van der Waals surface area contributed by atoms with Crippen molar-refractivity contribution in [3.05, 3.63) is 70.4 Å². The summed E-state index contributed by atoms with van der Waals surface area (Å²) in [6.07, 6.45) is -42.6. The van der Waals surface area contributed by atoms with Gasteiger partial charge in [0.05, 0.1) is 25.4 Å². The molecule has 5 fully saturated rings. The molecular formula is C53H64O32. The predicted octanol–water partition coefficient (Wildman–Crippen LogP) is -5.22. The molecule has 85 heavy (non-hydrogen) atoms. The minimum absolute atomic E-state index is 0.0524. The highest BCUT2D eigenvalue weighted by Crippen LogP contribution is 2.45. The highest BCUT2D eigenvalue weighted by Gasteiger charge is 2.55. The van der Waals surface area contributed by atoms with Crippen molar-refractivity contribution in [1.82, 2.24) is 0 Å². The number of hydrogen-bond donors (Lipinski definition) is 18. The van der Waals surface area contributed by atoms with Crippen molar-refractivity contribution in [2.45, 2.75) is 161 Å². The molecule has 5 aliphatic heterocycles. The van der Waals surface area contributed by atoms with Crippen LogP contribution in [0.5, 0.6) is 40.2 Å². The van der Waals surface area contributed by atoms with Gasteiger partial charge in [-0.25, -0.2) is 4.79 Å². The van der Waals surface area contributed by atoms with E-state index in [2.05, 4.69) is 0 Å². The van der Waals surface area contributed by atoms with Crippen molar-refractivity contribution in [1.29, 1.82) is 0 Å². The fourth-order valence-corrected chi connectivity index (χ4v) is 9.93. The normalized spacial score (nSPS) is 38.1. The van der Waals surface area contributed by atoms with Gasteiger partial charge in [0.2, 0.25) is 29.5 Å². The summed E-state index contributed by atoms with van der Waals surface area (Å²) in [5, 5.41) is 194. The quantitative estimate of drug-likeness (QED) is 0.0368. The zero-order chi connectivity index (χ0) is 61.6. The molecule has 0 unspecified atom stereocenters. The molecule has 5 aliphatic rings. The predicted molar refractivity (Wildman–Crippen MR) is 273 cm³/mol. The Bertz CT molecular complexity index is 3030. The molecule has 4 aromatic rings. The summed E-state index contributed by atoms with van der Waals surface area (Å²) in [6, 6.07) is 8.91. The van der Waals surface area contributed by atoms with Crippen molar-refractivity contribution in [3.63, 3.8) is 0 Å². The average molecular weight is 1210 g/mol. The molecule has 0 saturated carbocycles. The van der Waals surface area contributed by atoms with E-state index in [1.165, 1.54) is 44.2 Å². The number of carbonyl (C=O) groups excluding carboxylic acids is 1. The molecule has 24 atom stereocenters. The lowest BCUT2D eigenvalue weighted by atomic mass is 9.96. The zero-order valence-electron chi connectivity index (χ0n) is 44.5. The molecular weight excluding hydrogens is 1150 g/mol. The molecule has 0 aliphatic carbocycles. The second-order valence-corrected chi connectivity index (χ2v) is 20.7. The van der Waals surface area contributed by atoms with Gasteiger partial charge in [0, 0.05) is 23.8 Å². The van der Waals surface area contributed by atoms with Crippen molar-refractivity contribution < 1.29 is 153 Å². The van der Waals surface area contributed by atoms with E-state index in [4.69, 9.17) is 56.5 Å². The van der Waals surface area contributed by atoms with Gasteiger partial charge in [-0.05, 0) is 49.8 Å². The van der Waals surface area contributed by atoms with Gasteiger partial charge in [0.15, 0.2) is 42.2 Å². The smallest absolute Gasteiger partial charge is 0.330 e. The largest absolute Gasteiger partial charge is 0.508 e. The molecule has 32 heteroatoms. The number of phenols is 5. The lowest BCUT2D eigenvalue weighted by Gasteiger charge is -2.48. The van der Waals surface area contributed by atoms with E-state index < -0.39 is 235 Å². The van der Waals surface area contributed by atoms with E-state index >= 15 is 0 Å². The van der Waals surface area contributed by atoms with Crippen molar-refractivity contribution in [2.75, 3.05) is 19.8 Å². The first-order valence-corrected chi connectivity index (χ1v) is 26.3. The first-order chi connectivity index (χ1) is 40.3. The molecule has 0 spiro atoms. The Morgan fingerprint density at radius 3 is 1.75 bits per heavy atom. The standard InChI is InChI=1S/C53H64O32/c1-16-31(61)37(67)42(72)50(76-16)80-28-15-75-49(41(71)35(28)65)82-45-23(58)9-19(10-24(45)59)44-46(36(66)30-22(57)11-21(56)12-25(30)78-44)83-52-47(39(69)32(62)17(2)77-52)85-53-48(84-51-43(73)38(68)33(63)26(13-54)79-51)40(70)34(64)27(81-53)14-74-29(60)8-5-18-3-6-20(55)7-4-18/h3-12,16-17,26-28,31-35,37-43,47-59,61-65,67-73H,13-15H2,1-2H3/b8-5+/t16-,17+,26-,27-,28-,31-,32-,33+,34+,35-,37+,38-,39-,40-,41-,42-,43+,47+,48+,49-,50-,51-,52-,53-/m0/s1. The lowest BCUT2D eigenvalue weighted by Crippen LogP contribution is -2.67. The van der Waals surface area contributed by atoms with Gasteiger partial charge < -0.3 is 148 Å². The number of fused-ring (bicyclic) bond motifs is 1. The third-order valence-corrected chi connectivity index (χ3v) is 14.8. The summed E-state index contributed by atoms with van der Waals surface area (Å²) in [5.74, 6) is -7.11. The topological polar surface area (TPSA) is 513 Å². The van der Waals surface area contributed by atoms with Gasteiger partial charge in [-0.15, -0.1) is 0 Å². The first-order valence-electron chi connectivity index (χ1n) is 26.3. The maximum absolute atomic E-state index is 14.7. The summed E-state index contributed by atoms with van der Waals surface area (Å²) < 4.78 is 68.9. The van der Waals surface area contributed by atoms with Crippen molar-refractivity contribution in [2.24, 2.45) is 0 Å². The van der Waals surface area contributed by atoms with Crippen LogP contribution in [0, 0.1) is 0 Å². The molecule has 468 valence electrons. The van der Waals surface area contributed by atoms with Crippen LogP contribution in [0.25, 0.3) is 28.4 Å². The number of esters is 1. The number of hydrogen-bond acceptors (Lipinski definition) is 32. The Morgan fingerprint density at radius 2 is 1.09 bits per heavy atom. The van der Waals surface area contributed by atoms with E-state index in [9.17, 15) is 102 Å². The Kier molecular flexibility index (Phi) is 19.4. The summed E-state index contributed by atoms with van der Waals surface area (Å²) in [4.78, 5) is 27.6. The third kappa shape index (κ3) is 13.1. The number of rotatable bonds is 16. The minimum atomic E-state index is -2.23. The van der Waals surface area contributed by atoms with Gasteiger partial charge in [-0.3, -0.25) is 4.79 Å². The van der Waals surface area contributed by atoms with Crippen LogP contribution in [0.15, 0.2) is 63.8 Å². The molecule has 0 bridgehead atoms. The van der Waals surface area contributed by atoms with Crippen LogP contribution in [-0.2, 0) is 47.4 Å². The van der Waals surface area contributed by atoms with E-state index in [0.29, 0.717) is 5.56 Å². The number of phenolic OH excluding ortho intramolecular Hbond substituents is 5. The van der Waals surface area contributed by atoms with Crippen LogP contribution < -0.4 is 14.9 Å². The Morgan fingerprint density at radius 1 is 0.553 bits per heavy atom. The van der Waals surface area contributed by atoms with Crippen LogP contribution in [0.2, 0.25) is 0 Å². The van der Waals surface area contributed by atoms with E-state index in [0.717, 1.165) is 30.3 Å². The SMILES string of the molecule is C[C@@H]1O[C@@H](O[C@H]2CO[C@@H](Oc3c(O)cc(-c4oc5cc(O)cc(O)c5c(=O)c4O[C@@H]4O[C@H](C)[C@H](O)[C@H](O)[C@H]4O[C@@H]4O[C@@H](COC(=O)/C=C/c5ccc(O)cc5)[C@@H](O)[C@H](O)[C@H]4O[C@@H]4O[C@@H](CO)[C@@H](O)[C@H](O)[C@H]4O)cc3O)[C@@H](O)[C@H]2O)[C@@H](O)[C@H](O)[C@H]1O. The van der Waals surface area contributed by atoms with E-state index in [-0.39, 0.29) is 5.75 Å². The highest BCUT2D eigenvalue weighted by molar-refractivity contribution is 5.89. The van der Waals surface area contributed by atoms with Gasteiger partial charge >= 0.3 is 5.97 Å². The molecule has 0 radical (unpaired) electrons. The van der Waals surface area contributed by atoms with E-state index in [1.807, 2.05) is 0 Å². The number of aromatic hydroxyl groups is 5. The molecule has 32 nitrogen and oxygen atoms in total. The Labute approximate surface area is 478 Å². The minimum Gasteiger partial charge on any atom is -0.508 e. The summed E-state index contributed by atoms with van der Waals surface area (Å²) >= 11 is 0. The van der Waals surface area contributed by atoms with Gasteiger partial charge in [-0.2, -0.15) is 0 Å². The van der Waals surface area contributed by atoms with Crippen LogP contribution in [-0.4, -0.2) is 265 Å². The fraction of sp³-hybridized carbons (Fsp3) is 0.547. The number of aliphatic hydroxyl groups excluding tert-OH is 13. The number of aliphatic hydroxyl groups is 13. The van der Waals surface area contributed by atoms with Gasteiger partial charge in [-0.1, -0.05) is 12.1 Å². The highest BCUT2D eigenvalue weighted by atomic mass is 16.8. The molecule has 0 amide bonds. The van der Waals surface area contributed by atoms with Crippen LogP contribution in [0.3, 0.4) is 0 Å². The van der Waals surface area contributed by atoms with Crippen LogP contribution in [0.1, 0.15) is 19.4 Å². The number of benzene rings is 3. The average Bonchev–Trinajstić information content (AvgIpc) is 2.62. The van der Waals surface area contributed by atoms with E-state index in [1.54, 1.807) is 0 Å². The zero-order valence-corrected chi connectivity index (χ0v) is 44.5. The Hall–Kier alpha value is -6.16. The maximum Gasteiger partial charge on any atom is 0.330 e. The monoisotopic (exact) mass is 1210 g/mol. The molecule has 6 heterocycles.